The molecular formula is C14H21N3O. The SMILES string of the molecule is CCCN(CC1CCCN1)C(=O)c1ccccn1. The van der Waals surface area contributed by atoms with Crippen LogP contribution in [0.1, 0.15) is 36.7 Å². The highest BCUT2D eigenvalue weighted by atomic mass is 16.2. The molecule has 1 fully saturated rings. The van der Waals surface area contributed by atoms with Crippen LogP contribution >= 0.6 is 0 Å². The van der Waals surface area contributed by atoms with E-state index < -0.39 is 0 Å². The fourth-order valence-electron chi connectivity index (χ4n) is 2.38. The molecule has 98 valence electrons. The Morgan fingerprint density at radius 3 is 3.06 bits per heavy atom. The van der Waals surface area contributed by atoms with Gasteiger partial charge in [-0.25, -0.2) is 0 Å². The predicted molar refractivity (Wildman–Crippen MR) is 71.5 cm³/mol. The first-order valence-electron chi connectivity index (χ1n) is 6.75. The summed E-state index contributed by atoms with van der Waals surface area (Å²) in [5.74, 6) is 0.0474. The van der Waals surface area contributed by atoms with E-state index >= 15 is 0 Å². The van der Waals surface area contributed by atoms with Gasteiger partial charge >= 0.3 is 0 Å². The van der Waals surface area contributed by atoms with Gasteiger partial charge in [-0.05, 0) is 37.9 Å². The standard InChI is InChI=1S/C14H21N3O/c1-2-10-17(11-12-6-5-9-15-12)14(18)13-7-3-4-8-16-13/h3-4,7-8,12,15H,2,5-6,9-11H2,1H3. The molecule has 1 saturated heterocycles. The number of amides is 1. The predicted octanol–water partition coefficient (Wildman–Crippen LogP) is 1.69. The van der Waals surface area contributed by atoms with Gasteiger partial charge in [0, 0.05) is 25.3 Å². The molecule has 1 amide bonds. The monoisotopic (exact) mass is 247 g/mol. The number of hydrogen-bond acceptors (Lipinski definition) is 3. The Hall–Kier alpha value is -1.42. The van der Waals surface area contributed by atoms with Crippen molar-refractivity contribution in [2.75, 3.05) is 19.6 Å². The number of hydrogen-bond donors (Lipinski definition) is 1. The van der Waals surface area contributed by atoms with E-state index in [4.69, 9.17) is 0 Å². The van der Waals surface area contributed by atoms with Gasteiger partial charge in [-0.15, -0.1) is 0 Å². The summed E-state index contributed by atoms with van der Waals surface area (Å²) in [7, 11) is 0. The first-order chi connectivity index (χ1) is 8.81. The van der Waals surface area contributed by atoms with Gasteiger partial charge in [-0.1, -0.05) is 13.0 Å². The summed E-state index contributed by atoms with van der Waals surface area (Å²) in [6.45, 7) is 4.76. The van der Waals surface area contributed by atoms with Crippen molar-refractivity contribution in [1.29, 1.82) is 0 Å². The van der Waals surface area contributed by atoms with Crippen LogP contribution in [0, 0.1) is 0 Å². The molecule has 1 aromatic rings. The average molecular weight is 247 g/mol. The molecule has 0 bridgehead atoms. The van der Waals surface area contributed by atoms with Crippen molar-refractivity contribution >= 4 is 5.91 Å². The van der Waals surface area contributed by atoms with E-state index in [0.29, 0.717) is 11.7 Å². The molecule has 0 saturated carbocycles. The molecule has 1 aliphatic heterocycles. The van der Waals surface area contributed by atoms with Crippen molar-refractivity contribution in [3.05, 3.63) is 30.1 Å². The van der Waals surface area contributed by atoms with E-state index in [0.717, 1.165) is 32.5 Å². The second kappa shape index (κ2) is 6.50. The molecule has 1 aliphatic rings. The fraction of sp³-hybridized carbons (Fsp3) is 0.571. The molecule has 1 N–H and O–H groups in total. The third-order valence-electron chi connectivity index (χ3n) is 3.27. The molecule has 1 aromatic heterocycles. The smallest absolute Gasteiger partial charge is 0.272 e. The van der Waals surface area contributed by atoms with Gasteiger partial charge in [-0.3, -0.25) is 9.78 Å². The number of pyridine rings is 1. The van der Waals surface area contributed by atoms with Crippen molar-refractivity contribution in [3.8, 4) is 0 Å². The second-order valence-electron chi connectivity index (χ2n) is 4.76. The molecule has 0 aromatic carbocycles. The molecule has 2 rings (SSSR count). The summed E-state index contributed by atoms with van der Waals surface area (Å²) in [5, 5.41) is 3.44. The van der Waals surface area contributed by atoms with Crippen LogP contribution in [-0.4, -0.2) is 41.5 Å². The Bertz CT molecular complexity index is 374. The summed E-state index contributed by atoms with van der Waals surface area (Å²) in [6, 6.07) is 5.93. The lowest BCUT2D eigenvalue weighted by atomic mass is 10.2. The van der Waals surface area contributed by atoms with Crippen molar-refractivity contribution < 1.29 is 4.79 Å². The highest BCUT2D eigenvalue weighted by Crippen LogP contribution is 2.10. The highest BCUT2D eigenvalue weighted by molar-refractivity contribution is 5.92. The molecule has 0 aliphatic carbocycles. The Balaban J connectivity index is 2.02. The molecule has 4 nitrogen and oxygen atoms in total. The lowest BCUT2D eigenvalue weighted by Crippen LogP contribution is -2.41. The van der Waals surface area contributed by atoms with Crippen LogP contribution in [0.4, 0.5) is 0 Å². The molecule has 0 spiro atoms. The fourth-order valence-corrected chi connectivity index (χ4v) is 2.38. The third kappa shape index (κ3) is 3.29. The lowest BCUT2D eigenvalue weighted by molar-refractivity contribution is 0.0736. The zero-order chi connectivity index (χ0) is 12.8. The molecule has 1 unspecified atom stereocenters. The lowest BCUT2D eigenvalue weighted by Gasteiger charge is -2.25. The van der Waals surface area contributed by atoms with E-state index in [2.05, 4.69) is 17.2 Å². The van der Waals surface area contributed by atoms with Gasteiger partial charge in [-0.2, -0.15) is 0 Å². The minimum absolute atomic E-state index is 0.0474. The summed E-state index contributed by atoms with van der Waals surface area (Å²) in [4.78, 5) is 18.4. The van der Waals surface area contributed by atoms with Crippen LogP contribution in [0.2, 0.25) is 0 Å². The van der Waals surface area contributed by atoms with E-state index in [1.165, 1.54) is 6.42 Å². The topological polar surface area (TPSA) is 45.2 Å². The normalized spacial score (nSPS) is 18.8. The Morgan fingerprint density at radius 1 is 1.56 bits per heavy atom. The van der Waals surface area contributed by atoms with E-state index in [1.807, 2.05) is 17.0 Å². The number of carbonyl (C=O) groups is 1. The van der Waals surface area contributed by atoms with Crippen molar-refractivity contribution in [3.63, 3.8) is 0 Å². The Morgan fingerprint density at radius 2 is 2.44 bits per heavy atom. The molecule has 1 atom stereocenters. The van der Waals surface area contributed by atoms with Crippen molar-refractivity contribution in [2.24, 2.45) is 0 Å². The van der Waals surface area contributed by atoms with Gasteiger partial charge < -0.3 is 10.2 Å². The first kappa shape index (κ1) is 13.0. The summed E-state index contributed by atoms with van der Waals surface area (Å²) < 4.78 is 0. The second-order valence-corrected chi connectivity index (χ2v) is 4.76. The van der Waals surface area contributed by atoms with Gasteiger partial charge in [0.2, 0.25) is 0 Å². The van der Waals surface area contributed by atoms with Crippen LogP contribution in [-0.2, 0) is 0 Å². The summed E-state index contributed by atoms with van der Waals surface area (Å²) in [5.41, 5.74) is 0.545. The number of nitrogens with one attached hydrogen (secondary N) is 1. The Kier molecular flexibility index (Phi) is 4.70. The molecule has 18 heavy (non-hydrogen) atoms. The molecule has 2 heterocycles. The van der Waals surface area contributed by atoms with Gasteiger partial charge in [0.15, 0.2) is 0 Å². The zero-order valence-corrected chi connectivity index (χ0v) is 10.9. The number of nitrogens with zero attached hydrogens (tertiary/aromatic N) is 2. The van der Waals surface area contributed by atoms with Crippen LogP contribution in [0.15, 0.2) is 24.4 Å². The van der Waals surface area contributed by atoms with Crippen LogP contribution in [0.3, 0.4) is 0 Å². The minimum atomic E-state index is 0.0474. The number of carbonyl (C=O) groups excluding carboxylic acids is 1. The largest absolute Gasteiger partial charge is 0.336 e. The average Bonchev–Trinajstić information content (AvgIpc) is 2.91. The summed E-state index contributed by atoms with van der Waals surface area (Å²) >= 11 is 0. The Labute approximate surface area is 108 Å². The maximum Gasteiger partial charge on any atom is 0.272 e. The molecular weight excluding hydrogens is 226 g/mol. The highest BCUT2D eigenvalue weighted by Gasteiger charge is 2.22. The number of rotatable bonds is 5. The van der Waals surface area contributed by atoms with Gasteiger partial charge in [0.1, 0.15) is 5.69 Å². The van der Waals surface area contributed by atoms with E-state index in [9.17, 15) is 4.79 Å². The first-order valence-corrected chi connectivity index (χ1v) is 6.75. The zero-order valence-electron chi connectivity index (χ0n) is 10.9. The van der Waals surface area contributed by atoms with E-state index in [-0.39, 0.29) is 5.91 Å². The van der Waals surface area contributed by atoms with Crippen molar-refractivity contribution in [1.82, 2.24) is 15.2 Å². The van der Waals surface area contributed by atoms with Gasteiger partial charge in [0.05, 0.1) is 0 Å². The maximum atomic E-state index is 12.4. The van der Waals surface area contributed by atoms with E-state index in [1.54, 1.807) is 12.3 Å². The quantitative estimate of drug-likeness (QED) is 0.861. The summed E-state index contributed by atoms with van der Waals surface area (Å²) in [6.07, 6.45) is 5.02. The van der Waals surface area contributed by atoms with Crippen LogP contribution in [0.25, 0.3) is 0 Å². The minimum Gasteiger partial charge on any atom is -0.336 e. The van der Waals surface area contributed by atoms with Crippen molar-refractivity contribution in [2.45, 2.75) is 32.2 Å². The molecule has 0 radical (unpaired) electrons. The number of aromatic nitrogens is 1. The molecule has 4 heteroatoms. The van der Waals surface area contributed by atoms with Crippen LogP contribution in [0.5, 0.6) is 0 Å². The van der Waals surface area contributed by atoms with Gasteiger partial charge in [0.25, 0.3) is 5.91 Å². The maximum absolute atomic E-state index is 12.4. The van der Waals surface area contributed by atoms with Crippen LogP contribution < -0.4 is 5.32 Å². The third-order valence-corrected chi connectivity index (χ3v) is 3.27.